The number of rotatable bonds is 5. The Bertz CT molecular complexity index is 897. The van der Waals surface area contributed by atoms with Crippen molar-refractivity contribution in [1.82, 2.24) is 10.3 Å². The zero-order valence-corrected chi connectivity index (χ0v) is 14.8. The van der Waals surface area contributed by atoms with E-state index in [1.807, 2.05) is 36.4 Å². The van der Waals surface area contributed by atoms with Crippen LogP contribution in [-0.4, -0.2) is 22.7 Å². The van der Waals surface area contributed by atoms with Gasteiger partial charge in [-0.15, -0.1) is 0 Å². The molecule has 0 bridgehead atoms. The maximum Gasteiger partial charge on any atom is 0.125 e. The number of nitrogens with one attached hydrogen (secondary N) is 1. The van der Waals surface area contributed by atoms with E-state index in [1.165, 1.54) is 12.1 Å². The molecule has 2 aromatic carbocycles. The van der Waals surface area contributed by atoms with Crippen molar-refractivity contribution in [3.05, 3.63) is 83.9 Å². The first kappa shape index (κ1) is 17.6. The highest BCUT2D eigenvalue weighted by Crippen LogP contribution is 2.34. The van der Waals surface area contributed by atoms with E-state index in [4.69, 9.17) is 4.74 Å². The highest BCUT2D eigenvalue weighted by molar-refractivity contribution is 5.62. The summed E-state index contributed by atoms with van der Waals surface area (Å²) in [6.45, 7) is 1.24. The molecule has 4 nitrogen and oxygen atoms in total. The van der Waals surface area contributed by atoms with Gasteiger partial charge in [0, 0.05) is 36.8 Å². The van der Waals surface area contributed by atoms with Crippen molar-refractivity contribution in [2.24, 2.45) is 0 Å². The van der Waals surface area contributed by atoms with Crippen LogP contribution in [-0.2, 0) is 6.54 Å². The quantitative estimate of drug-likeness (QED) is 0.722. The number of aromatic nitrogens is 1. The van der Waals surface area contributed by atoms with Crippen LogP contribution in [0.2, 0.25) is 0 Å². The highest BCUT2D eigenvalue weighted by atomic mass is 19.1. The molecule has 3 aromatic rings. The molecule has 0 saturated heterocycles. The Balaban J connectivity index is 1.31. The van der Waals surface area contributed by atoms with Gasteiger partial charge in [-0.1, -0.05) is 36.4 Å². The van der Waals surface area contributed by atoms with Crippen molar-refractivity contribution in [2.75, 3.05) is 6.54 Å². The topological polar surface area (TPSA) is 54.4 Å². The zero-order chi connectivity index (χ0) is 18.6. The average molecular weight is 364 g/mol. The van der Waals surface area contributed by atoms with Crippen LogP contribution in [0.3, 0.4) is 0 Å². The van der Waals surface area contributed by atoms with E-state index in [0.717, 1.165) is 28.1 Å². The van der Waals surface area contributed by atoms with Crippen molar-refractivity contribution in [2.45, 2.75) is 25.2 Å². The number of halogens is 1. The Morgan fingerprint density at radius 1 is 1.04 bits per heavy atom. The van der Waals surface area contributed by atoms with Crippen LogP contribution in [0.25, 0.3) is 11.1 Å². The molecule has 0 spiro atoms. The smallest absolute Gasteiger partial charge is 0.125 e. The third kappa shape index (κ3) is 4.15. The minimum Gasteiger partial charge on any atom is -0.489 e. The summed E-state index contributed by atoms with van der Waals surface area (Å²) in [4.78, 5) is 4.46. The number of ether oxygens (including phenoxy) is 1. The average Bonchev–Trinajstić information content (AvgIpc) is 2.69. The van der Waals surface area contributed by atoms with E-state index in [0.29, 0.717) is 19.5 Å². The van der Waals surface area contributed by atoms with Crippen molar-refractivity contribution in [1.29, 1.82) is 0 Å². The summed E-state index contributed by atoms with van der Waals surface area (Å²) in [5.41, 5.74) is 3.66. The lowest BCUT2D eigenvalue weighted by Crippen LogP contribution is -2.35. The van der Waals surface area contributed by atoms with E-state index >= 15 is 0 Å². The van der Waals surface area contributed by atoms with E-state index < -0.39 is 6.10 Å². The van der Waals surface area contributed by atoms with Gasteiger partial charge in [0.15, 0.2) is 0 Å². The van der Waals surface area contributed by atoms with Crippen LogP contribution in [0.4, 0.5) is 4.39 Å². The molecule has 0 fully saturated rings. The van der Waals surface area contributed by atoms with Gasteiger partial charge in [-0.05, 0) is 29.8 Å². The molecule has 1 aromatic heterocycles. The van der Waals surface area contributed by atoms with Gasteiger partial charge in [0.2, 0.25) is 0 Å². The lowest BCUT2D eigenvalue weighted by Gasteiger charge is -2.29. The van der Waals surface area contributed by atoms with E-state index in [-0.39, 0.29) is 11.9 Å². The molecule has 0 aliphatic carbocycles. The summed E-state index contributed by atoms with van der Waals surface area (Å²) in [5.74, 6) is 0.509. The number of hydrogen-bond donors (Lipinski definition) is 2. The summed E-state index contributed by atoms with van der Waals surface area (Å²) < 4.78 is 19.0. The van der Waals surface area contributed by atoms with Gasteiger partial charge in [0.1, 0.15) is 17.7 Å². The molecular weight excluding hydrogens is 343 g/mol. The Morgan fingerprint density at radius 2 is 1.81 bits per heavy atom. The van der Waals surface area contributed by atoms with E-state index in [1.54, 1.807) is 18.3 Å². The first-order chi connectivity index (χ1) is 13.2. The van der Waals surface area contributed by atoms with Crippen LogP contribution < -0.4 is 10.1 Å². The minimum atomic E-state index is -0.491. The molecule has 0 radical (unpaired) electrons. The summed E-state index contributed by atoms with van der Waals surface area (Å²) in [7, 11) is 0. The molecule has 4 rings (SSSR count). The maximum absolute atomic E-state index is 13.0. The third-order valence-corrected chi connectivity index (χ3v) is 4.74. The van der Waals surface area contributed by atoms with Crippen LogP contribution in [0.5, 0.6) is 5.75 Å². The Labute approximate surface area is 157 Å². The predicted molar refractivity (Wildman–Crippen MR) is 102 cm³/mol. The second-order valence-electron chi connectivity index (χ2n) is 6.71. The van der Waals surface area contributed by atoms with Crippen LogP contribution in [0.15, 0.2) is 66.9 Å². The maximum atomic E-state index is 13.0. The van der Waals surface area contributed by atoms with Gasteiger partial charge in [0.05, 0.1) is 11.8 Å². The Kier molecular flexibility index (Phi) is 5.14. The predicted octanol–water partition coefficient (Wildman–Crippen LogP) is 3.86. The summed E-state index contributed by atoms with van der Waals surface area (Å²) in [6, 6.07) is 17.9. The molecule has 2 atom stereocenters. The molecule has 27 heavy (non-hydrogen) atoms. The fourth-order valence-electron chi connectivity index (χ4n) is 3.30. The molecule has 5 heteroatoms. The number of fused-ring (bicyclic) bond motifs is 1. The van der Waals surface area contributed by atoms with Crippen molar-refractivity contribution in [3.63, 3.8) is 0 Å². The van der Waals surface area contributed by atoms with Crippen molar-refractivity contribution >= 4 is 0 Å². The molecule has 2 N–H and O–H groups in total. The number of aliphatic hydroxyl groups is 1. The molecule has 1 aliphatic rings. The Morgan fingerprint density at radius 3 is 2.59 bits per heavy atom. The molecule has 0 saturated carbocycles. The molecule has 138 valence electrons. The zero-order valence-electron chi connectivity index (χ0n) is 14.8. The summed E-state index contributed by atoms with van der Waals surface area (Å²) >= 11 is 0. The normalized spacial score (nSPS) is 18.6. The van der Waals surface area contributed by atoms with E-state index in [9.17, 15) is 9.50 Å². The van der Waals surface area contributed by atoms with Crippen LogP contribution in [0.1, 0.15) is 23.8 Å². The molecule has 0 amide bonds. The number of hydrogen-bond acceptors (Lipinski definition) is 4. The minimum absolute atomic E-state index is 0.0756. The summed E-state index contributed by atoms with van der Waals surface area (Å²) in [6.07, 6.45) is 1.80. The van der Waals surface area contributed by atoms with Gasteiger partial charge in [-0.2, -0.15) is 0 Å². The summed E-state index contributed by atoms with van der Waals surface area (Å²) in [5, 5.41) is 13.6. The first-order valence-electron chi connectivity index (χ1n) is 9.04. The number of benzene rings is 2. The van der Waals surface area contributed by atoms with Crippen molar-refractivity contribution in [3.8, 4) is 16.9 Å². The van der Waals surface area contributed by atoms with E-state index in [2.05, 4.69) is 10.3 Å². The monoisotopic (exact) mass is 364 g/mol. The van der Waals surface area contributed by atoms with Gasteiger partial charge in [-0.25, -0.2) is 4.39 Å². The molecular formula is C22H21FN2O2. The lowest BCUT2D eigenvalue weighted by molar-refractivity contribution is 0.0657. The molecule has 2 heterocycles. The number of aliphatic hydroxyl groups excluding tert-OH is 1. The highest BCUT2D eigenvalue weighted by Gasteiger charge is 2.26. The second kappa shape index (κ2) is 7.86. The first-order valence-corrected chi connectivity index (χ1v) is 9.04. The van der Waals surface area contributed by atoms with Crippen LogP contribution >= 0.6 is 0 Å². The van der Waals surface area contributed by atoms with Gasteiger partial charge in [-0.3, -0.25) is 4.98 Å². The SMILES string of the molecule is O[C@H]1C[C@@H](CNCc2ccc(-c3ccc(F)cc3)cn2)Oc2ccccc21. The molecule has 1 aliphatic heterocycles. The number of nitrogens with zero attached hydrogens (tertiary/aromatic N) is 1. The number of para-hydroxylation sites is 1. The van der Waals surface area contributed by atoms with Gasteiger partial charge in [0.25, 0.3) is 0 Å². The Hall–Kier alpha value is -2.76. The number of pyridine rings is 1. The standard InChI is InChI=1S/C22H21FN2O2/c23-17-8-5-15(6-9-17)16-7-10-18(25-12-16)13-24-14-19-11-21(26)20-3-1-2-4-22(20)27-19/h1-10,12,19,21,24,26H,11,13-14H2/t19-,21-/m0/s1. The largest absolute Gasteiger partial charge is 0.489 e. The van der Waals surface area contributed by atoms with Gasteiger partial charge >= 0.3 is 0 Å². The molecule has 0 unspecified atom stereocenters. The third-order valence-electron chi connectivity index (χ3n) is 4.74. The van der Waals surface area contributed by atoms with Crippen molar-refractivity contribution < 1.29 is 14.2 Å². The van der Waals surface area contributed by atoms with Gasteiger partial charge < -0.3 is 15.2 Å². The fraction of sp³-hybridized carbons (Fsp3) is 0.227. The second-order valence-corrected chi connectivity index (χ2v) is 6.71. The fourth-order valence-corrected chi connectivity index (χ4v) is 3.30. The lowest BCUT2D eigenvalue weighted by atomic mass is 9.99. The van der Waals surface area contributed by atoms with Crippen LogP contribution in [0, 0.1) is 5.82 Å².